The molecule has 0 saturated heterocycles. The summed E-state index contributed by atoms with van der Waals surface area (Å²) in [6.45, 7) is 1.96. The van der Waals surface area contributed by atoms with Gasteiger partial charge in [-0.2, -0.15) is 0 Å². The molecule has 0 radical (unpaired) electrons. The predicted molar refractivity (Wildman–Crippen MR) is 87.0 cm³/mol. The van der Waals surface area contributed by atoms with Crippen LogP contribution in [0.15, 0.2) is 34.9 Å². The Balaban J connectivity index is 1.85. The molecule has 2 N–H and O–H groups in total. The van der Waals surface area contributed by atoms with Gasteiger partial charge in [0.1, 0.15) is 5.75 Å². The van der Waals surface area contributed by atoms with E-state index >= 15 is 0 Å². The fourth-order valence-corrected chi connectivity index (χ4v) is 2.14. The summed E-state index contributed by atoms with van der Waals surface area (Å²) in [5.41, 5.74) is 1.23. The highest BCUT2D eigenvalue weighted by molar-refractivity contribution is 6.31. The van der Waals surface area contributed by atoms with Crippen LogP contribution in [0.1, 0.15) is 22.5 Å². The molecule has 0 aliphatic heterocycles. The van der Waals surface area contributed by atoms with Crippen LogP contribution in [0.2, 0.25) is 5.02 Å². The molecular weight excluding hydrogens is 320 g/mol. The van der Waals surface area contributed by atoms with Crippen molar-refractivity contribution >= 4 is 29.1 Å². The molecule has 0 spiro atoms. The molecule has 23 heavy (non-hydrogen) atoms. The first-order chi connectivity index (χ1) is 11.0. The lowest BCUT2D eigenvalue weighted by Crippen LogP contribution is -2.27. The number of ether oxygens (including phenoxy) is 1. The van der Waals surface area contributed by atoms with E-state index in [9.17, 15) is 9.59 Å². The third kappa shape index (κ3) is 4.50. The molecule has 0 aliphatic rings. The van der Waals surface area contributed by atoms with Crippen molar-refractivity contribution in [1.82, 2.24) is 5.32 Å². The molecule has 0 saturated carbocycles. The molecule has 2 amide bonds. The van der Waals surface area contributed by atoms with E-state index in [1.165, 1.54) is 13.4 Å². The minimum Gasteiger partial charge on any atom is -0.495 e. The third-order valence-corrected chi connectivity index (χ3v) is 3.38. The molecule has 0 atom stereocenters. The van der Waals surface area contributed by atoms with Crippen molar-refractivity contribution in [3.8, 4) is 5.75 Å². The van der Waals surface area contributed by atoms with Crippen LogP contribution in [0.4, 0.5) is 5.69 Å². The van der Waals surface area contributed by atoms with Gasteiger partial charge in [0.15, 0.2) is 5.76 Å². The zero-order valence-electron chi connectivity index (χ0n) is 12.8. The van der Waals surface area contributed by atoms with Gasteiger partial charge < -0.3 is 19.8 Å². The van der Waals surface area contributed by atoms with E-state index in [4.69, 9.17) is 20.8 Å². The first-order valence-electron chi connectivity index (χ1n) is 6.97. The van der Waals surface area contributed by atoms with Gasteiger partial charge in [0.25, 0.3) is 5.91 Å². The molecule has 0 aliphatic carbocycles. The minimum atomic E-state index is -0.347. The molecule has 0 bridgehead atoms. The average Bonchev–Trinajstić information content (AvgIpc) is 2.93. The van der Waals surface area contributed by atoms with Crippen LogP contribution >= 0.6 is 11.6 Å². The van der Waals surface area contributed by atoms with Crippen LogP contribution in [0.25, 0.3) is 0 Å². The second-order valence-electron chi connectivity index (χ2n) is 4.83. The maximum Gasteiger partial charge on any atom is 0.287 e. The van der Waals surface area contributed by atoms with E-state index in [0.717, 1.165) is 5.56 Å². The van der Waals surface area contributed by atoms with Crippen molar-refractivity contribution in [2.24, 2.45) is 0 Å². The Morgan fingerprint density at radius 1 is 1.30 bits per heavy atom. The fraction of sp³-hybridized carbons (Fsp3) is 0.250. The summed E-state index contributed by atoms with van der Waals surface area (Å²) in [7, 11) is 1.50. The van der Waals surface area contributed by atoms with Crippen molar-refractivity contribution in [3.05, 3.63) is 46.9 Å². The number of furan rings is 1. The zero-order chi connectivity index (χ0) is 16.8. The van der Waals surface area contributed by atoms with Gasteiger partial charge >= 0.3 is 0 Å². The molecular formula is C16H17ClN2O4. The fourth-order valence-electron chi connectivity index (χ4n) is 1.97. The molecule has 2 rings (SSSR count). The summed E-state index contributed by atoms with van der Waals surface area (Å²) in [6, 6.07) is 6.64. The highest BCUT2D eigenvalue weighted by atomic mass is 35.5. The SMILES string of the molecule is COc1ccc(Cl)cc1NC(=O)CCNC(=O)c1occc1C. The summed E-state index contributed by atoms with van der Waals surface area (Å²) in [6.07, 6.45) is 1.56. The number of methoxy groups -OCH3 is 1. The maximum atomic E-state index is 11.9. The van der Waals surface area contributed by atoms with Gasteiger partial charge in [-0.05, 0) is 31.2 Å². The van der Waals surface area contributed by atoms with Gasteiger partial charge in [0, 0.05) is 23.6 Å². The Bertz CT molecular complexity index is 712. The number of carbonyl (C=O) groups is 2. The van der Waals surface area contributed by atoms with Crippen molar-refractivity contribution in [2.75, 3.05) is 19.0 Å². The second-order valence-corrected chi connectivity index (χ2v) is 5.27. The highest BCUT2D eigenvalue weighted by Gasteiger charge is 2.13. The number of benzene rings is 1. The van der Waals surface area contributed by atoms with Gasteiger partial charge in [-0.15, -0.1) is 0 Å². The number of halogens is 1. The third-order valence-electron chi connectivity index (χ3n) is 3.14. The normalized spacial score (nSPS) is 10.2. The smallest absolute Gasteiger partial charge is 0.287 e. The highest BCUT2D eigenvalue weighted by Crippen LogP contribution is 2.27. The average molecular weight is 337 g/mol. The molecule has 122 valence electrons. The van der Waals surface area contributed by atoms with Crippen molar-refractivity contribution < 1.29 is 18.7 Å². The van der Waals surface area contributed by atoms with Gasteiger partial charge in [0.2, 0.25) is 5.91 Å². The Hall–Kier alpha value is -2.47. The first-order valence-corrected chi connectivity index (χ1v) is 7.34. The number of hydrogen-bond acceptors (Lipinski definition) is 4. The van der Waals surface area contributed by atoms with Gasteiger partial charge in [-0.25, -0.2) is 0 Å². The number of aryl methyl sites for hydroxylation is 1. The van der Waals surface area contributed by atoms with E-state index in [1.54, 1.807) is 31.2 Å². The Morgan fingerprint density at radius 2 is 2.09 bits per heavy atom. The van der Waals surface area contributed by atoms with Gasteiger partial charge in [0.05, 0.1) is 19.1 Å². The van der Waals surface area contributed by atoms with Crippen molar-refractivity contribution in [2.45, 2.75) is 13.3 Å². The number of rotatable bonds is 6. The van der Waals surface area contributed by atoms with Crippen LogP contribution in [0, 0.1) is 6.92 Å². The van der Waals surface area contributed by atoms with E-state index in [0.29, 0.717) is 16.5 Å². The molecule has 1 aromatic carbocycles. The summed E-state index contributed by atoms with van der Waals surface area (Å²) in [5, 5.41) is 5.82. The molecule has 0 fully saturated rings. The van der Waals surface area contributed by atoms with Gasteiger partial charge in [-0.3, -0.25) is 9.59 Å². The van der Waals surface area contributed by atoms with Crippen LogP contribution in [0.5, 0.6) is 5.75 Å². The number of anilines is 1. The Labute approximate surface area is 138 Å². The van der Waals surface area contributed by atoms with E-state index < -0.39 is 0 Å². The van der Waals surface area contributed by atoms with Crippen LogP contribution < -0.4 is 15.4 Å². The minimum absolute atomic E-state index is 0.112. The number of amides is 2. The molecule has 1 aromatic heterocycles. The molecule has 7 heteroatoms. The number of hydrogen-bond donors (Lipinski definition) is 2. The Kier molecular flexibility index (Phi) is 5.65. The predicted octanol–water partition coefficient (Wildman–Crippen LogP) is 3.01. The second kappa shape index (κ2) is 7.69. The molecule has 2 aromatic rings. The lowest BCUT2D eigenvalue weighted by atomic mass is 10.2. The summed E-state index contributed by atoms with van der Waals surface area (Å²) < 4.78 is 10.2. The zero-order valence-corrected chi connectivity index (χ0v) is 13.6. The quantitative estimate of drug-likeness (QED) is 0.849. The number of carbonyl (C=O) groups excluding carboxylic acids is 2. The summed E-state index contributed by atoms with van der Waals surface area (Å²) in [5.74, 6) is 0.155. The van der Waals surface area contributed by atoms with E-state index in [2.05, 4.69) is 10.6 Å². The standard InChI is InChI=1S/C16H17ClN2O4/c1-10-6-8-23-15(10)16(21)18-7-5-14(20)19-12-9-11(17)3-4-13(12)22-2/h3-4,6,8-9H,5,7H2,1-2H3,(H,18,21)(H,19,20). The van der Waals surface area contributed by atoms with Crippen LogP contribution in [-0.4, -0.2) is 25.5 Å². The van der Waals surface area contributed by atoms with E-state index in [-0.39, 0.29) is 30.5 Å². The molecule has 0 unspecified atom stereocenters. The topological polar surface area (TPSA) is 80.6 Å². The molecule has 1 heterocycles. The summed E-state index contributed by atoms with van der Waals surface area (Å²) in [4.78, 5) is 23.8. The Morgan fingerprint density at radius 3 is 2.74 bits per heavy atom. The van der Waals surface area contributed by atoms with Gasteiger partial charge in [-0.1, -0.05) is 11.6 Å². The van der Waals surface area contributed by atoms with Crippen molar-refractivity contribution in [1.29, 1.82) is 0 Å². The largest absolute Gasteiger partial charge is 0.495 e. The first kappa shape index (κ1) is 16.9. The molecule has 6 nitrogen and oxygen atoms in total. The monoisotopic (exact) mass is 336 g/mol. The van der Waals surface area contributed by atoms with Crippen LogP contribution in [-0.2, 0) is 4.79 Å². The lowest BCUT2D eigenvalue weighted by molar-refractivity contribution is -0.116. The maximum absolute atomic E-state index is 11.9. The van der Waals surface area contributed by atoms with Crippen molar-refractivity contribution in [3.63, 3.8) is 0 Å². The van der Waals surface area contributed by atoms with Crippen LogP contribution in [0.3, 0.4) is 0 Å². The number of nitrogens with one attached hydrogen (secondary N) is 2. The summed E-state index contributed by atoms with van der Waals surface area (Å²) >= 11 is 5.90. The van der Waals surface area contributed by atoms with E-state index in [1.807, 2.05) is 0 Å². The lowest BCUT2D eigenvalue weighted by Gasteiger charge is -2.10.